The zero-order valence-corrected chi connectivity index (χ0v) is 18.1. The molecule has 1 saturated carbocycles. The number of benzene rings is 1. The molecule has 1 amide bonds. The average molecular weight is 489 g/mol. The fourth-order valence-electron chi connectivity index (χ4n) is 3.03. The molecule has 1 saturated heterocycles. The number of carbonyl (C=O) groups is 1. The predicted octanol–water partition coefficient (Wildman–Crippen LogP) is 2.20. The van der Waals surface area contributed by atoms with Crippen molar-refractivity contribution in [2.24, 2.45) is 4.99 Å². The van der Waals surface area contributed by atoms with Crippen LogP contribution in [0.25, 0.3) is 0 Å². The number of rotatable bonds is 6. The summed E-state index contributed by atoms with van der Waals surface area (Å²) in [6, 6.07) is 7.07. The van der Waals surface area contributed by atoms with E-state index in [0.29, 0.717) is 32.1 Å². The van der Waals surface area contributed by atoms with Crippen molar-refractivity contribution in [1.29, 1.82) is 0 Å². The van der Waals surface area contributed by atoms with Crippen LogP contribution in [0.2, 0.25) is 0 Å². The Kier molecular flexibility index (Phi) is 8.59. The number of hydrogen-bond acceptors (Lipinski definition) is 3. The molecule has 0 atom stereocenters. The van der Waals surface area contributed by atoms with Gasteiger partial charge in [-0.25, -0.2) is 4.39 Å². The SMILES string of the molecule is CCNC(=NCCC(=O)N1CCN(c2ccc(F)cc2)CC1)NC1CC1.I. The number of nitrogens with one attached hydrogen (secondary N) is 2. The molecule has 27 heavy (non-hydrogen) atoms. The van der Waals surface area contributed by atoms with Crippen LogP contribution in [0.3, 0.4) is 0 Å². The maximum Gasteiger partial charge on any atom is 0.224 e. The normalized spacial score (nSPS) is 17.3. The molecule has 2 fully saturated rings. The van der Waals surface area contributed by atoms with Crippen LogP contribution < -0.4 is 15.5 Å². The quantitative estimate of drug-likeness (QED) is 0.366. The highest BCUT2D eigenvalue weighted by molar-refractivity contribution is 14.0. The van der Waals surface area contributed by atoms with Crippen LogP contribution in [0.1, 0.15) is 26.2 Å². The summed E-state index contributed by atoms with van der Waals surface area (Å²) in [7, 11) is 0. The number of halogens is 2. The van der Waals surface area contributed by atoms with E-state index in [0.717, 1.165) is 31.3 Å². The van der Waals surface area contributed by atoms with E-state index in [2.05, 4.69) is 20.5 Å². The lowest BCUT2D eigenvalue weighted by atomic mass is 10.2. The molecular weight excluding hydrogens is 460 g/mol. The molecular formula is C19H29FIN5O. The predicted molar refractivity (Wildman–Crippen MR) is 117 cm³/mol. The fraction of sp³-hybridized carbons (Fsp3) is 0.579. The van der Waals surface area contributed by atoms with E-state index in [4.69, 9.17) is 0 Å². The summed E-state index contributed by atoms with van der Waals surface area (Å²) in [4.78, 5) is 21.0. The van der Waals surface area contributed by atoms with Crippen molar-refractivity contribution in [1.82, 2.24) is 15.5 Å². The molecule has 0 bridgehead atoms. The third-order valence-electron chi connectivity index (χ3n) is 4.68. The first-order valence-electron chi connectivity index (χ1n) is 9.49. The monoisotopic (exact) mass is 489 g/mol. The highest BCUT2D eigenvalue weighted by Gasteiger charge is 2.23. The van der Waals surface area contributed by atoms with E-state index < -0.39 is 0 Å². The largest absolute Gasteiger partial charge is 0.368 e. The number of carbonyl (C=O) groups excluding carboxylic acids is 1. The van der Waals surface area contributed by atoms with Gasteiger partial charge in [0, 0.05) is 50.9 Å². The second kappa shape index (κ2) is 10.7. The van der Waals surface area contributed by atoms with Crippen LogP contribution in [0.5, 0.6) is 0 Å². The molecule has 2 aliphatic rings. The summed E-state index contributed by atoms with van der Waals surface area (Å²) >= 11 is 0. The van der Waals surface area contributed by atoms with Crippen molar-refractivity contribution in [3.8, 4) is 0 Å². The molecule has 0 aromatic heterocycles. The number of amides is 1. The molecule has 0 unspecified atom stereocenters. The lowest BCUT2D eigenvalue weighted by Crippen LogP contribution is -2.49. The summed E-state index contributed by atoms with van der Waals surface area (Å²) < 4.78 is 13.0. The van der Waals surface area contributed by atoms with E-state index in [1.807, 2.05) is 11.8 Å². The maximum atomic E-state index is 13.0. The summed E-state index contributed by atoms with van der Waals surface area (Å²) in [5.74, 6) is 0.731. The van der Waals surface area contributed by atoms with Gasteiger partial charge in [0.2, 0.25) is 5.91 Å². The second-order valence-corrected chi connectivity index (χ2v) is 6.77. The van der Waals surface area contributed by atoms with Crippen LogP contribution in [-0.2, 0) is 4.79 Å². The van der Waals surface area contributed by atoms with Gasteiger partial charge in [-0.15, -0.1) is 24.0 Å². The Hall–Kier alpha value is -1.58. The lowest BCUT2D eigenvalue weighted by Gasteiger charge is -2.36. The van der Waals surface area contributed by atoms with Gasteiger partial charge < -0.3 is 20.4 Å². The smallest absolute Gasteiger partial charge is 0.224 e. The number of aliphatic imine (C=N–C) groups is 1. The van der Waals surface area contributed by atoms with Crippen molar-refractivity contribution in [3.63, 3.8) is 0 Å². The minimum Gasteiger partial charge on any atom is -0.368 e. The van der Waals surface area contributed by atoms with E-state index in [-0.39, 0.29) is 35.7 Å². The third-order valence-corrected chi connectivity index (χ3v) is 4.68. The molecule has 1 heterocycles. The Labute approximate surface area is 177 Å². The average Bonchev–Trinajstić information content (AvgIpc) is 3.46. The van der Waals surface area contributed by atoms with Gasteiger partial charge in [0.1, 0.15) is 5.82 Å². The highest BCUT2D eigenvalue weighted by atomic mass is 127. The molecule has 8 heteroatoms. The Balaban J connectivity index is 0.00000261. The number of guanidine groups is 1. The van der Waals surface area contributed by atoms with Crippen molar-refractivity contribution in [2.45, 2.75) is 32.2 Å². The number of anilines is 1. The van der Waals surface area contributed by atoms with E-state index in [1.165, 1.54) is 25.0 Å². The standard InChI is InChI=1S/C19H28FN5O.HI/c1-2-21-19(23-16-5-6-16)22-10-9-18(26)25-13-11-24(12-14-25)17-7-3-15(20)4-8-17;/h3-4,7-8,16H,2,5-6,9-14H2,1H3,(H2,21,22,23);1H. The molecule has 0 spiro atoms. The molecule has 2 N–H and O–H groups in total. The number of nitrogens with zero attached hydrogens (tertiary/aromatic N) is 3. The second-order valence-electron chi connectivity index (χ2n) is 6.77. The fourth-order valence-corrected chi connectivity index (χ4v) is 3.03. The summed E-state index contributed by atoms with van der Waals surface area (Å²) in [6.07, 6.45) is 2.82. The first kappa shape index (κ1) is 21.7. The lowest BCUT2D eigenvalue weighted by molar-refractivity contribution is -0.131. The van der Waals surface area contributed by atoms with Gasteiger partial charge in [0.15, 0.2) is 5.96 Å². The van der Waals surface area contributed by atoms with Crippen LogP contribution in [0.15, 0.2) is 29.3 Å². The minimum absolute atomic E-state index is 0. The minimum atomic E-state index is -0.226. The number of piperazine rings is 1. The van der Waals surface area contributed by atoms with Gasteiger partial charge in [-0.05, 0) is 44.0 Å². The van der Waals surface area contributed by atoms with Gasteiger partial charge in [0.25, 0.3) is 0 Å². The van der Waals surface area contributed by atoms with Crippen molar-refractivity contribution < 1.29 is 9.18 Å². The van der Waals surface area contributed by atoms with Crippen molar-refractivity contribution in [3.05, 3.63) is 30.1 Å². The van der Waals surface area contributed by atoms with E-state index in [1.54, 1.807) is 12.1 Å². The summed E-state index contributed by atoms with van der Waals surface area (Å²) in [5.41, 5.74) is 1.00. The van der Waals surface area contributed by atoms with Gasteiger partial charge in [-0.2, -0.15) is 0 Å². The Morgan fingerprint density at radius 2 is 1.85 bits per heavy atom. The summed E-state index contributed by atoms with van der Waals surface area (Å²) in [5, 5.41) is 6.57. The van der Waals surface area contributed by atoms with E-state index >= 15 is 0 Å². The Morgan fingerprint density at radius 1 is 1.19 bits per heavy atom. The Morgan fingerprint density at radius 3 is 2.44 bits per heavy atom. The zero-order chi connectivity index (χ0) is 18.4. The van der Waals surface area contributed by atoms with Crippen molar-refractivity contribution in [2.75, 3.05) is 44.2 Å². The number of hydrogen-bond donors (Lipinski definition) is 2. The van der Waals surface area contributed by atoms with Crippen LogP contribution >= 0.6 is 24.0 Å². The van der Waals surface area contributed by atoms with Crippen molar-refractivity contribution >= 4 is 41.5 Å². The summed E-state index contributed by atoms with van der Waals surface area (Å²) in [6.45, 7) is 6.28. The molecule has 150 valence electrons. The first-order chi connectivity index (χ1) is 12.7. The van der Waals surface area contributed by atoms with Gasteiger partial charge >= 0.3 is 0 Å². The molecule has 1 aromatic carbocycles. The molecule has 0 radical (unpaired) electrons. The zero-order valence-electron chi connectivity index (χ0n) is 15.8. The third kappa shape index (κ3) is 6.82. The van der Waals surface area contributed by atoms with Gasteiger partial charge in [-0.1, -0.05) is 0 Å². The maximum absolute atomic E-state index is 13.0. The Bertz CT molecular complexity index is 627. The van der Waals surface area contributed by atoms with E-state index in [9.17, 15) is 9.18 Å². The van der Waals surface area contributed by atoms with Gasteiger partial charge in [-0.3, -0.25) is 9.79 Å². The molecule has 1 aromatic rings. The topological polar surface area (TPSA) is 60.0 Å². The van der Waals surface area contributed by atoms with Gasteiger partial charge in [0.05, 0.1) is 6.54 Å². The van der Waals surface area contributed by atoms with Crippen LogP contribution in [0.4, 0.5) is 10.1 Å². The molecule has 1 aliphatic heterocycles. The van der Waals surface area contributed by atoms with Crippen LogP contribution in [-0.4, -0.2) is 62.1 Å². The molecule has 3 rings (SSSR count). The molecule has 1 aliphatic carbocycles. The van der Waals surface area contributed by atoms with Crippen LogP contribution in [0, 0.1) is 5.82 Å². The molecule has 6 nitrogen and oxygen atoms in total. The first-order valence-corrected chi connectivity index (χ1v) is 9.49. The highest BCUT2D eigenvalue weighted by Crippen LogP contribution is 2.18.